The Bertz CT molecular complexity index is 4060. The minimum Gasteiger partial charge on any atom is -0.499 e. The van der Waals surface area contributed by atoms with Crippen LogP contribution in [0.1, 0.15) is 91.7 Å². The van der Waals surface area contributed by atoms with E-state index in [1.165, 1.54) is 42.6 Å². The topological polar surface area (TPSA) is 56.7 Å². The van der Waals surface area contributed by atoms with Gasteiger partial charge in [-0.25, -0.2) is 4.39 Å². The van der Waals surface area contributed by atoms with Gasteiger partial charge in [0.05, 0.1) is 41.7 Å². The van der Waals surface area contributed by atoms with Crippen LogP contribution in [0.2, 0.25) is 19.6 Å². The van der Waals surface area contributed by atoms with Crippen molar-refractivity contribution in [1.29, 1.82) is 0 Å². The average molecular weight is 1130 g/mol. The molecule has 0 bridgehead atoms. The molecule has 357 valence electrons. The molecule has 0 fully saturated rings. The number of imidazole rings is 1. The Balaban J connectivity index is 0.000000291. The Morgan fingerprint density at radius 1 is 0.743 bits per heavy atom. The van der Waals surface area contributed by atoms with E-state index in [1.807, 2.05) is 47.0 Å². The molecular weight excluding hydrogens is 1060 g/mol. The summed E-state index contributed by atoms with van der Waals surface area (Å²) in [5, 5.41) is 1.66. The zero-order valence-corrected chi connectivity index (χ0v) is 43.3. The molecule has 0 aliphatic rings. The zero-order chi connectivity index (χ0) is 60.0. The molecule has 0 N–H and O–H groups in total. The summed E-state index contributed by atoms with van der Waals surface area (Å²) in [7, 11) is -1.74. The van der Waals surface area contributed by atoms with Gasteiger partial charge in [-0.05, 0) is 106 Å². The van der Waals surface area contributed by atoms with Gasteiger partial charge in [-0.15, -0.1) is 36.4 Å². The van der Waals surface area contributed by atoms with Crippen molar-refractivity contribution in [3.8, 4) is 50.6 Å². The van der Waals surface area contributed by atoms with E-state index in [0.717, 1.165) is 33.1 Å². The summed E-state index contributed by atoms with van der Waals surface area (Å²) in [5.74, 6) is -1.68. The smallest absolute Gasteiger partial charge is 0.139 e. The summed E-state index contributed by atoms with van der Waals surface area (Å²) in [4.78, 5) is 14.1. The standard InChI is InChI=1S/C43H35FN3O.C18H23FNSi.Ir/c1-25-20-29(21-26(2)27(25)3)30-22-38-39(45-24-30)33-15-10-16-34(41(33)48-38)42-46-36-19-18-31(44)23-37(36)47(42)40-32(28-12-8-7-9-13-28)14-11-17-35(40)43(4,5)6;1-12(2)15-10-16(20-11-17(15)21(4,5)6)14-9-7-8-13(3)18(14)19;/h7-15,17-24H,1-6H3;7-8,10-12H,1-6H3;/q2*-1;/i1D3,2D3,3D3;3D3,12D;. The van der Waals surface area contributed by atoms with Crippen LogP contribution in [0.4, 0.5) is 8.78 Å². The molecule has 1 radical (unpaired) electrons. The number of benzene rings is 6. The first-order chi connectivity index (χ1) is 37.9. The molecule has 0 aliphatic heterocycles. The van der Waals surface area contributed by atoms with Gasteiger partial charge in [-0.1, -0.05) is 150 Å². The maximum atomic E-state index is 15.2. The van der Waals surface area contributed by atoms with Crippen LogP contribution in [-0.2, 0) is 25.5 Å². The minimum absolute atomic E-state index is 0. The third-order valence-electron chi connectivity index (χ3n) is 12.2. The van der Waals surface area contributed by atoms with Crippen LogP contribution in [0.5, 0.6) is 0 Å². The van der Waals surface area contributed by atoms with Crippen LogP contribution in [0.25, 0.3) is 83.7 Å². The number of hydrogen-bond acceptors (Lipinski definition) is 4. The normalized spacial score (nSPS) is 15.5. The molecule has 10 aromatic rings. The Labute approximate surface area is 443 Å². The van der Waals surface area contributed by atoms with Crippen molar-refractivity contribution in [2.24, 2.45) is 0 Å². The maximum Gasteiger partial charge on any atom is 0.139 e. The van der Waals surface area contributed by atoms with Crippen LogP contribution in [-0.4, -0.2) is 27.6 Å². The number of para-hydroxylation sites is 1. The van der Waals surface area contributed by atoms with Crippen molar-refractivity contribution < 1.29 is 51.1 Å². The second kappa shape index (κ2) is 19.4. The van der Waals surface area contributed by atoms with Crippen LogP contribution >= 0.6 is 0 Å². The molecule has 0 spiro atoms. The van der Waals surface area contributed by atoms with E-state index in [2.05, 4.69) is 63.6 Å². The van der Waals surface area contributed by atoms with Crippen molar-refractivity contribution in [2.45, 2.75) is 93.0 Å². The van der Waals surface area contributed by atoms with E-state index in [1.54, 1.807) is 50.4 Å². The van der Waals surface area contributed by atoms with Gasteiger partial charge in [0.15, 0.2) is 0 Å². The van der Waals surface area contributed by atoms with Crippen LogP contribution in [0, 0.1) is 51.2 Å². The maximum absolute atomic E-state index is 15.2. The second-order valence-corrected chi connectivity index (χ2v) is 24.4. The first-order valence-corrected chi connectivity index (χ1v) is 26.0. The summed E-state index contributed by atoms with van der Waals surface area (Å²) in [6.07, 6.45) is 3.18. The fourth-order valence-electron chi connectivity index (χ4n) is 8.70. The number of furan rings is 1. The summed E-state index contributed by atoms with van der Waals surface area (Å²) < 4.78 is 142. The molecule has 4 aromatic heterocycles. The molecule has 0 aliphatic carbocycles. The number of pyridine rings is 2. The Morgan fingerprint density at radius 3 is 2.16 bits per heavy atom. The van der Waals surface area contributed by atoms with E-state index in [0.29, 0.717) is 55.7 Å². The summed E-state index contributed by atoms with van der Waals surface area (Å²) in [5.41, 5.74) is 5.42. The largest absolute Gasteiger partial charge is 0.499 e. The van der Waals surface area contributed by atoms with Gasteiger partial charge in [0, 0.05) is 67.3 Å². The average Bonchev–Trinajstić information content (AvgIpc) is 3.98. The van der Waals surface area contributed by atoms with Gasteiger partial charge in [0.25, 0.3) is 0 Å². The molecule has 4 heterocycles. The number of halogens is 2. The fraction of sp³-hybridized carbons (Fsp3) is 0.230. The molecule has 0 unspecified atom stereocenters. The van der Waals surface area contributed by atoms with Crippen LogP contribution in [0.15, 0.2) is 132 Å². The van der Waals surface area contributed by atoms with E-state index >= 15 is 4.39 Å². The molecule has 0 saturated carbocycles. The van der Waals surface area contributed by atoms with E-state index in [-0.39, 0.29) is 42.2 Å². The first kappa shape index (κ1) is 35.7. The number of aromatic nitrogens is 4. The second-order valence-electron chi connectivity index (χ2n) is 19.4. The number of rotatable bonds is 7. The predicted octanol–water partition coefficient (Wildman–Crippen LogP) is 16.1. The van der Waals surface area contributed by atoms with Gasteiger partial charge in [0.2, 0.25) is 0 Å². The van der Waals surface area contributed by atoms with Gasteiger partial charge in [-0.2, -0.15) is 0 Å². The Morgan fingerprint density at radius 2 is 1.47 bits per heavy atom. The molecule has 5 nitrogen and oxygen atoms in total. The summed E-state index contributed by atoms with van der Waals surface area (Å²) >= 11 is 0. The molecule has 70 heavy (non-hydrogen) atoms. The van der Waals surface area contributed by atoms with Gasteiger partial charge in [-0.3, -0.25) is 14.4 Å². The summed E-state index contributed by atoms with van der Waals surface area (Å²) in [6, 6.07) is 38.5. The van der Waals surface area contributed by atoms with Crippen LogP contribution < -0.4 is 5.19 Å². The fourth-order valence-corrected chi connectivity index (χ4v) is 10.3. The van der Waals surface area contributed by atoms with Crippen molar-refractivity contribution in [2.75, 3.05) is 0 Å². The van der Waals surface area contributed by atoms with E-state index < -0.39 is 69.7 Å². The van der Waals surface area contributed by atoms with Crippen molar-refractivity contribution in [3.63, 3.8) is 0 Å². The predicted molar refractivity (Wildman–Crippen MR) is 284 cm³/mol. The van der Waals surface area contributed by atoms with Crippen molar-refractivity contribution >= 4 is 46.4 Å². The van der Waals surface area contributed by atoms with Crippen LogP contribution in [0.3, 0.4) is 0 Å². The molecule has 0 atom stereocenters. The van der Waals surface area contributed by atoms with Crippen molar-refractivity contribution in [3.05, 3.63) is 185 Å². The SMILES string of the molecule is [2H]C([2H])([2H])c1cc(-c2cnc3c(c2)oc2c(-c4nc5ccc(F)cc5n4-c4c(-c5ccccc5)cccc4C(C)(C)C)[c-]ccc23)cc(C([2H])([2H])[2H])c1C([2H])([2H])[2H].[2H]C([2H])([2H])c1cc[c-]c(-c2cc(C([2H])(C)C)c([Si](C)(C)C)cn2)c1F.[Ir]. The van der Waals surface area contributed by atoms with E-state index in [4.69, 9.17) is 32.2 Å². The zero-order valence-electron chi connectivity index (χ0n) is 52.9. The van der Waals surface area contributed by atoms with Gasteiger partial charge in [0.1, 0.15) is 11.4 Å². The molecule has 10 rings (SSSR count). The monoisotopic (exact) mass is 1130 g/mol. The molecular formula is C61H58F2IrN4OSi-2. The van der Waals surface area contributed by atoms with Gasteiger partial charge < -0.3 is 14.0 Å². The third-order valence-corrected chi connectivity index (χ3v) is 14.2. The molecule has 9 heteroatoms. The third kappa shape index (κ3) is 9.47. The molecule has 6 aromatic carbocycles. The Hall–Kier alpha value is -6.38. The van der Waals surface area contributed by atoms with E-state index in [9.17, 15) is 4.39 Å². The number of aryl methyl sites for hydroxylation is 3. The molecule has 0 amide bonds. The molecule has 0 saturated heterocycles. The van der Waals surface area contributed by atoms with Crippen molar-refractivity contribution in [1.82, 2.24) is 19.5 Å². The number of fused-ring (bicyclic) bond motifs is 4. The number of nitrogens with zero attached hydrogens (tertiary/aromatic N) is 4. The quantitative estimate of drug-likeness (QED) is 0.118. The Kier molecular flexibility index (Phi) is 9.90. The summed E-state index contributed by atoms with van der Waals surface area (Å²) in [6.45, 7) is 5.03. The first-order valence-electron chi connectivity index (χ1n) is 29.0. The van der Waals surface area contributed by atoms with Gasteiger partial charge >= 0.3 is 0 Å². The number of hydrogen-bond donors (Lipinski definition) is 0. The minimum atomic E-state index is -3.00.